The molecule has 0 atom stereocenters. The Morgan fingerprint density at radius 2 is 1.86 bits per heavy atom. The van der Waals surface area contributed by atoms with E-state index < -0.39 is 0 Å². The van der Waals surface area contributed by atoms with Crippen LogP contribution in [0.2, 0.25) is 0 Å². The van der Waals surface area contributed by atoms with Crippen molar-refractivity contribution < 1.29 is 0 Å². The van der Waals surface area contributed by atoms with Gasteiger partial charge in [-0.25, -0.2) is 5.01 Å². The number of halogens is 1. The summed E-state index contributed by atoms with van der Waals surface area (Å²) < 4.78 is 1.05. The predicted molar refractivity (Wildman–Crippen MR) is 95.4 cm³/mol. The van der Waals surface area contributed by atoms with Crippen LogP contribution in [0.4, 0.5) is 0 Å². The molecule has 2 rings (SSSR count). The van der Waals surface area contributed by atoms with Gasteiger partial charge in [0.15, 0.2) is 5.11 Å². The summed E-state index contributed by atoms with van der Waals surface area (Å²) in [5, 5.41) is 9.75. The van der Waals surface area contributed by atoms with Crippen LogP contribution in [0.15, 0.2) is 64.2 Å². The van der Waals surface area contributed by atoms with E-state index in [0.29, 0.717) is 11.7 Å². The number of hydrogen-bond donors (Lipinski definition) is 1. The zero-order valence-corrected chi connectivity index (χ0v) is 14.1. The van der Waals surface area contributed by atoms with Gasteiger partial charge in [0.05, 0.1) is 6.21 Å². The van der Waals surface area contributed by atoms with Crippen molar-refractivity contribution in [2.45, 2.75) is 6.54 Å². The number of nitrogens with zero attached hydrogens (tertiary/aromatic N) is 2. The van der Waals surface area contributed by atoms with Crippen LogP contribution in [0, 0.1) is 0 Å². The highest BCUT2D eigenvalue weighted by molar-refractivity contribution is 9.10. The molecular formula is C16H16BrN3S. The normalized spacial score (nSPS) is 10.6. The fraction of sp³-hybridized carbons (Fsp3) is 0.125. The largest absolute Gasteiger partial charge is 0.357 e. The van der Waals surface area contributed by atoms with Crippen LogP contribution in [0.25, 0.3) is 0 Å². The van der Waals surface area contributed by atoms with E-state index in [1.54, 1.807) is 11.2 Å². The van der Waals surface area contributed by atoms with Crippen LogP contribution in [-0.4, -0.2) is 23.4 Å². The fourth-order valence-electron chi connectivity index (χ4n) is 1.64. The third kappa shape index (κ3) is 5.28. The molecule has 0 fully saturated rings. The summed E-state index contributed by atoms with van der Waals surface area (Å²) in [5.74, 6) is 0. The molecule has 0 saturated carbocycles. The third-order valence-electron chi connectivity index (χ3n) is 2.83. The maximum atomic E-state index is 5.31. The SMILES string of the molecule is CN(/N=C\c1ccc(Br)cc1)C(=S)NCc1ccccc1. The quantitative estimate of drug-likeness (QED) is 0.510. The van der Waals surface area contributed by atoms with Crippen molar-refractivity contribution in [1.29, 1.82) is 0 Å². The Labute approximate surface area is 138 Å². The molecular weight excluding hydrogens is 346 g/mol. The first kappa shape index (κ1) is 15.7. The third-order valence-corrected chi connectivity index (χ3v) is 3.77. The highest BCUT2D eigenvalue weighted by Crippen LogP contribution is 2.09. The molecule has 3 nitrogen and oxygen atoms in total. The lowest BCUT2D eigenvalue weighted by atomic mass is 10.2. The number of hydrogen-bond acceptors (Lipinski definition) is 2. The first-order valence-electron chi connectivity index (χ1n) is 6.50. The molecule has 0 bridgehead atoms. The zero-order chi connectivity index (χ0) is 15.1. The molecule has 0 aliphatic heterocycles. The van der Waals surface area contributed by atoms with E-state index in [0.717, 1.165) is 10.0 Å². The molecule has 0 aliphatic rings. The molecule has 108 valence electrons. The Kier molecular flexibility index (Phi) is 5.90. The number of rotatable bonds is 4. The Bertz CT molecular complexity index is 611. The van der Waals surface area contributed by atoms with E-state index in [1.807, 2.05) is 49.5 Å². The molecule has 0 spiro atoms. The first-order valence-corrected chi connectivity index (χ1v) is 7.70. The van der Waals surface area contributed by atoms with Gasteiger partial charge in [-0.2, -0.15) is 5.10 Å². The summed E-state index contributed by atoms with van der Waals surface area (Å²) in [7, 11) is 1.83. The summed E-state index contributed by atoms with van der Waals surface area (Å²) in [6.07, 6.45) is 1.78. The summed E-state index contributed by atoms with van der Waals surface area (Å²) in [4.78, 5) is 0. The van der Waals surface area contributed by atoms with Crippen molar-refractivity contribution in [3.8, 4) is 0 Å². The molecule has 0 heterocycles. The molecule has 2 aromatic carbocycles. The summed E-state index contributed by atoms with van der Waals surface area (Å²) in [6, 6.07) is 18.1. The number of nitrogens with one attached hydrogen (secondary N) is 1. The minimum Gasteiger partial charge on any atom is -0.357 e. The van der Waals surface area contributed by atoms with Crippen molar-refractivity contribution in [3.63, 3.8) is 0 Å². The van der Waals surface area contributed by atoms with E-state index in [1.165, 1.54) is 5.56 Å². The second-order valence-electron chi connectivity index (χ2n) is 4.46. The molecule has 2 aromatic rings. The van der Waals surface area contributed by atoms with Gasteiger partial charge in [-0.1, -0.05) is 58.4 Å². The minimum atomic E-state index is 0.590. The van der Waals surface area contributed by atoms with Crippen molar-refractivity contribution in [2.24, 2.45) is 5.10 Å². The molecule has 5 heteroatoms. The lowest BCUT2D eigenvalue weighted by Gasteiger charge is -2.15. The van der Waals surface area contributed by atoms with E-state index in [-0.39, 0.29) is 0 Å². The Balaban J connectivity index is 1.86. The standard InChI is InChI=1S/C16H16BrN3S/c1-20(19-12-14-7-9-15(17)10-8-14)16(21)18-11-13-5-3-2-4-6-13/h2-10,12H,11H2,1H3,(H,18,21)/b19-12-. The van der Waals surface area contributed by atoms with Crippen molar-refractivity contribution >= 4 is 39.5 Å². The molecule has 0 aromatic heterocycles. The molecule has 0 saturated heterocycles. The van der Waals surface area contributed by atoms with Crippen LogP contribution in [0.5, 0.6) is 0 Å². The Morgan fingerprint density at radius 1 is 1.19 bits per heavy atom. The maximum Gasteiger partial charge on any atom is 0.189 e. The van der Waals surface area contributed by atoms with Gasteiger partial charge < -0.3 is 5.32 Å². The Hall–Kier alpha value is -1.72. The average Bonchev–Trinajstić information content (AvgIpc) is 2.52. The van der Waals surface area contributed by atoms with Crippen LogP contribution in [-0.2, 0) is 6.54 Å². The van der Waals surface area contributed by atoms with Crippen molar-refractivity contribution in [2.75, 3.05) is 7.05 Å². The average molecular weight is 362 g/mol. The van der Waals surface area contributed by atoms with E-state index in [9.17, 15) is 0 Å². The van der Waals surface area contributed by atoms with E-state index >= 15 is 0 Å². The van der Waals surface area contributed by atoms with Gasteiger partial charge in [0.2, 0.25) is 0 Å². The Morgan fingerprint density at radius 3 is 2.52 bits per heavy atom. The van der Waals surface area contributed by atoms with Gasteiger partial charge >= 0.3 is 0 Å². The number of benzene rings is 2. The molecule has 1 N–H and O–H groups in total. The highest BCUT2D eigenvalue weighted by atomic mass is 79.9. The molecule has 0 radical (unpaired) electrons. The van der Waals surface area contributed by atoms with Gasteiger partial charge in [-0.15, -0.1) is 0 Å². The van der Waals surface area contributed by atoms with Gasteiger partial charge in [0.25, 0.3) is 0 Å². The maximum absolute atomic E-state index is 5.31. The summed E-state index contributed by atoms with van der Waals surface area (Å²) >= 11 is 8.71. The molecule has 0 aliphatic carbocycles. The molecule has 0 amide bonds. The molecule has 21 heavy (non-hydrogen) atoms. The minimum absolute atomic E-state index is 0.590. The second kappa shape index (κ2) is 7.90. The number of hydrazone groups is 1. The van der Waals surface area contributed by atoms with Gasteiger partial charge in [-0.3, -0.25) is 0 Å². The predicted octanol–water partition coefficient (Wildman–Crippen LogP) is 3.79. The van der Waals surface area contributed by atoms with E-state index in [2.05, 4.69) is 38.5 Å². The first-order chi connectivity index (χ1) is 10.1. The molecule has 0 unspecified atom stereocenters. The number of thiocarbonyl (C=S) groups is 1. The summed E-state index contributed by atoms with van der Waals surface area (Å²) in [5.41, 5.74) is 2.21. The second-order valence-corrected chi connectivity index (χ2v) is 5.77. The van der Waals surface area contributed by atoms with Gasteiger partial charge in [0.1, 0.15) is 0 Å². The lowest BCUT2D eigenvalue weighted by molar-refractivity contribution is 0.532. The topological polar surface area (TPSA) is 27.6 Å². The summed E-state index contributed by atoms with van der Waals surface area (Å²) in [6.45, 7) is 0.692. The van der Waals surface area contributed by atoms with Gasteiger partial charge in [0, 0.05) is 18.1 Å². The van der Waals surface area contributed by atoms with Gasteiger partial charge in [-0.05, 0) is 35.5 Å². The van der Waals surface area contributed by atoms with Crippen LogP contribution < -0.4 is 5.32 Å². The van der Waals surface area contributed by atoms with Crippen LogP contribution in [0.3, 0.4) is 0 Å². The zero-order valence-electron chi connectivity index (χ0n) is 11.7. The lowest BCUT2D eigenvalue weighted by Crippen LogP contribution is -2.33. The van der Waals surface area contributed by atoms with Crippen LogP contribution >= 0.6 is 28.1 Å². The highest BCUT2D eigenvalue weighted by Gasteiger charge is 2.01. The van der Waals surface area contributed by atoms with Crippen molar-refractivity contribution in [3.05, 3.63) is 70.2 Å². The monoisotopic (exact) mass is 361 g/mol. The smallest absolute Gasteiger partial charge is 0.189 e. The fourth-order valence-corrected chi connectivity index (χ4v) is 2.03. The van der Waals surface area contributed by atoms with Crippen LogP contribution in [0.1, 0.15) is 11.1 Å². The van der Waals surface area contributed by atoms with E-state index in [4.69, 9.17) is 12.2 Å². The van der Waals surface area contributed by atoms with Crippen molar-refractivity contribution in [1.82, 2.24) is 10.3 Å².